The normalized spacial score (nSPS) is 10.9. The van der Waals surface area contributed by atoms with Gasteiger partial charge in [0.2, 0.25) is 0 Å². The van der Waals surface area contributed by atoms with Gasteiger partial charge < -0.3 is 10.2 Å². The lowest BCUT2D eigenvalue weighted by Gasteiger charge is -2.14. The van der Waals surface area contributed by atoms with Gasteiger partial charge in [0.15, 0.2) is 5.13 Å². The first-order chi connectivity index (χ1) is 9.19. The van der Waals surface area contributed by atoms with Crippen molar-refractivity contribution in [3.63, 3.8) is 0 Å². The summed E-state index contributed by atoms with van der Waals surface area (Å²) in [5.74, 6) is 0. The Balaban J connectivity index is 1.90. The molecular weight excluding hydrogens is 342 g/mol. The second kappa shape index (κ2) is 7.38. The maximum Gasteiger partial charge on any atom is 0.185 e. The molecule has 0 unspecified atom stereocenters. The minimum Gasteiger partial charge on any atom is -0.347 e. The van der Waals surface area contributed by atoms with Crippen LogP contribution >= 0.6 is 38.6 Å². The van der Waals surface area contributed by atoms with E-state index in [-0.39, 0.29) is 0 Å². The molecule has 3 nitrogen and oxygen atoms in total. The van der Waals surface area contributed by atoms with Gasteiger partial charge in [-0.3, -0.25) is 0 Å². The lowest BCUT2D eigenvalue weighted by molar-refractivity contribution is 0.681. The second-order valence-corrected chi connectivity index (χ2v) is 7.79. The number of halogens is 1. The van der Waals surface area contributed by atoms with Crippen molar-refractivity contribution in [2.45, 2.75) is 26.4 Å². The molecule has 0 amide bonds. The average molecular weight is 360 g/mol. The van der Waals surface area contributed by atoms with E-state index in [1.807, 2.05) is 6.20 Å². The third-order valence-electron chi connectivity index (χ3n) is 2.64. The smallest absolute Gasteiger partial charge is 0.185 e. The van der Waals surface area contributed by atoms with Crippen LogP contribution in [0, 0.1) is 0 Å². The van der Waals surface area contributed by atoms with Crippen molar-refractivity contribution in [2.24, 2.45) is 0 Å². The predicted molar refractivity (Wildman–Crippen MR) is 88.2 cm³/mol. The molecule has 1 N–H and O–H groups in total. The molecule has 0 aromatic carbocycles. The highest BCUT2D eigenvalue weighted by molar-refractivity contribution is 9.11. The molecule has 0 bridgehead atoms. The first-order valence-corrected chi connectivity index (χ1v) is 8.77. The molecule has 6 heteroatoms. The third-order valence-corrected chi connectivity index (χ3v) is 5.30. The Bertz CT molecular complexity index is 509. The first kappa shape index (κ1) is 15.0. The van der Waals surface area contributed by atoms with Crippen molar-refractivity contribution in [3.8, 4) is 0 Å². The van der Waals surface area contributed by atoms with Crippen LogP contribution in [0.2, 0.25) is 0 Å². The molecule has 0 aliphatic rings. The number of aromatic nitrogens is 1. The summed E-state index contributed by atoms with van der Waals surface area (Å²) in [6.45, 7) is 5.06. The summed E-state index contributed by atoms with van der Waals surface area (Å²) in [4.78, 5) is 7.98. The van der Waals surface area contributed by atoms with E-state index in [0.29, 0.717) is 0 Å². The molecule has 0 radical (unpaired) electrons. The summed E-state index contributed by atoms with van der Waals surface area (Å²) in [6.07, 6.45) is 3.14. The summed E-state index contributed by atoms with van der Waals surface area (Å²) >= 11 is 6.98. The molecular formula is C13H18BrN3S2. The number of rotatable bonds is 7. The van der Waals surface area contributed by atoms with E-state index in [1.54, 1.807) is 22.7 Å². The molecule has 2 rings (SSSR count). The molecule has 0 spiro atoms. The van der Waals surface area contributed by atoms with Gasteiger partial charge in [-0.1, -0.05) is 6.92 Å². The van der Waals surface area contributed by atoms with Gasteiger partial charge in [0.1, 0.15) is 0 Å². The van der Waals surface area contributed by atoms with Crippen LogP contribution in [0.1, 0.15) is 23.8 Å². The minimum absolute atomic E-state index is 0.900. The molecule has 2 aromatic heterocycles. The summed E-state index contributed by atoms with van der Waals surface area (Å²) < 4.78 is 1.18. The lowest BCUT2D eigenvalue weighted by atomic mass is 10.3. The van der Waals surface area contributed by atoms with E-state index < -0.39 is 0 Å². The van der Waals surface area contributed by atoms with Gasteiger partial charge in [-0.05, 0) is 45.9 Å². The molecule has 104 valence electrons. The van der Waals surface area contributed by atoms with E-state index in [9.17, 15) is 0 Å². The van der Waals surface area contributed by atoms with E-state index >= 15 is 0 Å². The molecule has 2 heterocycles. The molecule has 0 saturated carbocycles. The van der Waals surface area contributed by atoms with E-state index in [2.05, 4.69) is 56.5 Å². The standard InChI is InChI=1S/C13H18BrN3S2/c1-3-4-15-6-11-7-16-13(19-11)17(2)8-10-5-12(14)18-9-10/h5,7,9,15H,3-4,6,8H2,1-2H3. The lowest BCUT2D eigenvalue weighted by Crippen LogP contribution is -2.15. The Morgan fingerprint density at radius 2 is 2.32 bits per heavy atom. The molecule has 0 atom stereocenters. The highest BCUT2D eigenvalue weighted by Gasteiger charge is 2.08. The number of thiazole rings is 1. The fourth-order valence-electron chi connectivity index (χ4n) is 1.71. The fraction of sp³-hybridized carbons (Fsp3) is 0.462. The Hall–Kier alpha value is -0.430. The zero-order chi connectivity index (χ0) is 13.7. The number of thiophene rings is 1. The number of nitrogens with one attached hydrogen (secondary N) is 1. The maximum absolute atomic E-state index is 4.49. The molecule has 0 aliphatic carbocycles. The number of hydrogen-bond acceptors (Lipinski definition) is 5. The van der Waals surface area contributed by atoms with Gasteiger partial charge in [0, 0.05) is 31.2 Å². The molecule has 0 aliphatic heterocycles. The van der Waals surface area contributed by atoms with Crippen molar-refractivity contribution in [1.82, 2.24) is 10.3 Å². The third kappa shape index (κ3) is 4.56. The Morgan fingerprint density at radius 3 is 3.00 bits per heavy atom. The van der Waals surface area contributed by atoms with Crippen LogP contribution in [-0.4, -0.2) is 18.6 Å². The Morgan fingerprint density at radius 1 is 1.47 bits per heavy atom. The Kier molecular flexibility index (Phi) is 5.81. The van der Waals surface area contributed by atoms with Gasteiger partial charge in [-0.2, -0.15) is 0 Å². The van der Waals surface area contributed by atoms with E-state index in [4.69, 9.17) is 0 Å². The first-order valence-electron chi connectivity index (χ1n) is 6.28. The van der Waals surface area contributed by atoms with Crippen LogP contribution < -0.4 is 10.2 Å². The highest BCUT2D eigenvalue weighted by atomic mass is 79.9. The van der Waals surface area contributed by atoms with Crippen LogP contribution in [0.5, 0.6) is 0 Å². The predicted octanol–water partition coefficient (Wildman–Crippen LogP) is 4.10. The van der Waals surface area contributed by atoms with Crippen molar-refractivity contribution in [1.29, 1.82) is 0 Å². The van der Waals surface area contributed by atoms with E-state index in [1.165, 1.54) is 20.6 Å². The zero-order valence-corrected chi connectivity index (χ0v) is 14.4. The molecule has 2 aromatic rings. The van der Waals surface area contributed by atoms with Crippen molar-refractivity contribution in [2.75, 3.05) is 18.5 Å². The monoisotopic (exact) mass is 359 g/mol. The minimum atomic E-state index is 0.900. The van der Waals surface area contributed by atoms with Crippen LogP contribution in [0.3, 0.4) is 0 Å². The van der Waals surface area contributed by atoms with Gasteiger partial charge in [0.25, 0.3) is 0 Å². The largest absolute Gasteiger partial charge is 0.347 e. The van der Waals surface area contributed by atoms with Gasteiger partial charge in [-0.25, -0.2) is 4.98 Å². The summed E-state index contributed by atoms with van der Waals surface area (Å²) in [6, 6.07) is 2.17. The quantitative estimate of drug-likeness (QED) is 0.754. The highest BCUT2D eigenvalue weighted by Crippen LogP contribution is 2.25. The second-order valence-electron chi connectivity index (χ2n) is 4.40. The molecule has 0 fully saturated rings. The van der Waals surface area contributed by atoms with Crippen molar-refractivity contribution in [3.05, 3.63) is 31.9 Å². The SMILES string of the molecule is CCCNCc1cnc(N(C)Cc2csc(Br)c2)s1. The van der Waals surface area contributed by atoms with Crippen molar-refractivity contribution < 1.29 is 0 Å². The zero-order valence-electron chi connectivity index (χ0n) is 11.1. The fourth-order valence-corrected chi connectivity index (χ4v) is 3.75. The van der Waals surface area contributed by atoms with Gasteiger partial charge >= 0.3 is 0 Å². The Labute approximate surface area is 130 Å². The number of hydrogen-bond donors (Lipinski definition) is 1. The topological polar surface area (TPSA) is 28.2 Å². The summed E-state index contributed by atoms with van der Waals surface area (Å²) in [7, 11) is 2.09. The van der Waals surface area contributed by atoms with Gasteiger partial charge in [0.05, 0.1) is 3.79 Å². The number of anilines is 1. The van der Waals surface area contributed by atoms with Crippen LogP contribution in [-0.2, 0) is 13.1 Å². The average Bonchev–Trinajstić information content (AvgIpc) is 2.99. The van der Waals surface area contributed by atoms with Crippen LogP contribution in [0.25, 0.3) is 0 Å². The van der Waals surface area contributed by atoms with E-state index in [0.717, 1.165) is 24.8 Å². The van der Waals surface area contributed by atoms with Crippen LogP contribution in [0.15, 0.2) is 21.4 Å². The summed E-state index contributed by atoms with van der Waals surface area (Å²) in [5.41, 5.74) is 1.32. The maximum atomic E-state index is 4.49. The van der Waals surface area contributed by atoms with Gasteiger partial charge in [-0.15, -0.1) is 22.7 Å². The number of nitrogens with zero attached hydrogens (tertiary/aromatic N) is 2. The molecule has 19 heavy (non-hydrogen) atoms. The van der Waals surface area contributed by atoms with Crippen molar-refractivity contribution >= 4 is 43.7 Å². The molecule has 0 saturated heterocycles. The van der Waals surface area contributed by atoms with Crippen LogP contribution in [0.4, 0.5) is 5.13 Å². The summed E-state index contributed by atoms with van der Waals surface area (Å²) in [5, 5.41) is 6.66.